The zero-order valence-electron chi connectivity index (χ0n) is 12.0. The van der Waals surface area contributed by atoms with Crippen molar-refractivity contribution >= 4 is 0 Å². The van der Waals surface area contributed by atoms with Gasteiger partial charge in [0.15, 0.2) is 5.82 Å². The highest BCUT2D eigenvalue weighted by Crippen LogP contribution is 2.38. The molecular weight excluding hydrogens is 242 g/mol. The monoisotopic (exact) mass is 267 g/mol. The molecule has 1 heterocycles. The average Bonchev–Trinajstić information content (AvgIpc) is 2.88. The van der Waals surface area contributed by atoms with Crippen LogP contribution in [0.15, 0.2) is 4.52 Å². The topological polar surface area (TPSA) is 74.2 Å². The number of aromatic nitrogens is 2. The zero-order chi connectivity index (χ0) is 13.7. The van der Waals surface area contributed by atoms with Gasteiger partial charge in [-0.05, 0) is 38.6 Å². The molecule has 2 rings (SSSR count). The summed E-state index contributed by atoms with van der Waals surface area (Å²) in [5, 5.41) is 4.01. The Morgan fingerprint density at radius 2 is 2.11 bits per heavy atom. The maximum Gasteiger partial charge on any atom is 0.227 e. The van der Waals surface area contributed by atoms with Crippen molar-refractivity contribution in [1.82, 2.24) is 10.1 Å². The first-order chi connectivity index (χ1) is 9.19. The molecule has 0 radical (unpaired) electrons. The number of hydrogen-bond donors (Lipinski definition) is 1. The fourth-order valence-electron chi connectivity index (χ4n) is 2.91. The molecule has 0 saturated heterocycles. The van der Waals surface area contributed by atoms with Crippen molar-refractivity contribution in [2.75, 3.05) is 13.2 Å². The van der Waals surface area contributed by atoms with Gasteiger partial charge < -0.3 is 15.0 Å². The predicted octanol–water partition coefficient (Wildman–Crippen LogP) is 2.62. The molecule has 1 aromatic heterocycles. The molecule has 19 heavy (non-hydrogen) atoms. The van der Waals surface area contributed by atoms with Gasteiger partial charge >= 0.3 is 0 Å². The van der Waals surface area contributed by atoms with Crippen LogP contribution in [0.3, 0.4) is 0 Å². The van der Waals surface area contributed by atoms with E-state index in [9.17, 15) is 0 Å². The van der Waals surface area contributed by atoms with E-state index >= 15 is 0 Å². The third kappa shape index (κ3) is 3.54. The van der Waals surface area contributed by atoms with Gasteiger partial charge in [-0.2, -0.15) is 4.98 Å². The average molecular weight is 267 g/mol. The quantitative estimate of drug-likeness (QED) is 0.857. The Kier molecular flexibility index (Phi) is 4.93. The van der Waals surface area contributed by atoms with E-state index < -0.39 is 0 Å². The van der Waals surface area contributed by atoms with Crippen molar-refractivity contribution < 1.29 is 9.26 Å². The Bertz CT molecular complexity index is 386. The molecule has 1 aromatic rings. The molecule has 1 aliphatic carbocycles. The molecule has 0 spiro atoms. The minimum atomic E-state index is -0.109. The Labute approximate surface area is 114 Å². The van der Waals surface area contributed by atoms with Crippen LogP contribution in [0.2, 0.25) is 0 Å². The fourth-order valence-corrected chi connectivity index (χ4v) is 2.91. The van der Waals surface area contributed by atoms with Crippen LogP contribution >= 0.6 is 0 Å². The van der Waals surface area contributed by atoms with Gasteiger partial charge in [0.2, 0.25) is 5.89 Å². The van der Waals surface area contributed by atoms with E-state index in [4.69, 9.17) is 15.0 Å². The van der Waals surface area contributed by atoms with E-state index in [0.717, 1.165) is 6.42 Å². The summed E-state index contributed by atoms with van der Waals surface area (Å²) in [5.41, 5.74) is 6.15. The highest BCUT2D eigenvalue weighted by molar-refractivity contribution is 4.96. The molecule has 1 aliphatic rings. The summed E-state index contributed by atoms with van der Waals surface area (Å²) in [4.78, 5) is 4.46. The smallest absolute Gasteiger partial charge is 0.227 e. The Balaban J connectivity index is 2.02. The van der Waals surface area contributed by atoms with Gasteiger partial charge in [-0.1, -0.05) is 24.4 Å². The van der Waals surface area contributed by atoms with Crippen LogP contribution in [0.1, 0.15) is 63.8 Å². The van der Waals surface area contributed by atoms with E-state index in [2.05, 4.69) is 10.1 Å². The maximum absolute atomic E-state index is 5.99. The van der Waals surface area contributed by atoms with Crippen molar-refractivity contribution in [1.29, 1.82) is 0 Å². The number of nitrogens with two attached hydrogens (primary N) is 1. The van der Waals surface area contributed by atoms with Gasteiger partial charge in [-0.3, -0.25) is 0 Å². The standard InChI is InChI=1S/C14H25N3O2/c1-3-18-11(2)13-16-12(19-17-13)9-14(10-15)7-5-4-6-8-14/h11H,3-10,15H2,1-2H3. The van der Waals surface area contributed by atoms with Crippen molar-refractivity contribution in [3.63, 3.8) is 0 Å². The lowest BCUT2D eigenvalue weighted by Gasteiger charge is -2.34. The SMILES string of the molecule is CCOC(C)c1noc(CC2(CN)CCCCC2)n1. The number of rotatable bonds is 6. The molecule has 108 valence electrons. The van der Waals surface area contributed by atoms with Crippen molar-refractivity contribution in [3.05, 3.63) is 11.7 Å². The van der Waals surface area contributed by atoms with Gasteiger partial charge in [0, 0.05) is 13.0 Å². The van der Waals surface area contributed by atoms with Gasteiger partial charge in [-0.15, -0.1) is 0 Å². The third-order valence-corrected chi connectivity index (χ3v) is 4.14. The number of hydrogen-bond acceptors (Lipinski definition) is 5. The highest BCUT2D eigenvalue weighted by Gasteiger charge is 2.33. The summed E-state index contributed by atoms with van der Waals surface area (Å²) in [5.74, 6) is 1.34. The summed E-state index contributed by atoms with van der Waals surface area (Å²) in [7, 11) is 0. The fraction of sp³-hybridized carbons (Fsp3) is 0.857. The largest absolute Gasteiger partial charge is 0.371 e. The molecular formula is C14H25N3O2. The summed E-state index contributed by atoms with van der Waals surface area (Å²) in [6, 6.07) is 0. The normalized spacial score (nSPS) is 20.4. The van der Waals surface area contributed by atoms with E-state index in [0.29, 0.717) is 24.9 Å². The summed E-state index contributed by atoms with van der Waals surface area (Å²) in [6.45, 7) is 5.25. The Morgan fingerprint density at radius 3 is 2.74 bits per heavy atom. The van der Waals surface area contributed by atoms with Gasteiger partial charge in [-0.25, -0.2) is 0 Å². The minimum Gasteiger partial charge on any atom is -0.371 e. The van der Waals surface area contributed by atoms with Crippen LogP contribution in [0.4, 0.5) is 0 Å². The van der Waals surface area contributed by atoms with E-state index in [-0.39, 0.29) is 11.5 Å². The van der Waals surface area contributed by atoms with Gasteiger partial charge in [0.25, 0.3) is 0 Å². The first-order valence-corrected chi connectivity index (χ1v) is 7.33. The second-order valence-corrected chi connectivity index (χ2v) is 5.59. The van der Waals surface area contributed by atoms with Crippen LogP contribution in [0.25, 0.3) is 0 Å². The van der Waals surface area contributed by atoms with Gasteiger partial charge in [0.05, 0.1) is 0 Å². The molecule has 2 N–H and O–H groups in total. The van der Waals surface area contributed by atoms with Crippen LogP contribution in [-0.2, 0) is 11.2 Å². The molecule has 1 atom stereocenters. The minimum absolute atomic E-state index is 0.109. The lowest BCUT2D eigenvalue weighted by atomic mass is 9.72. The lowest BCUT2D eigenvalue weighted by Crippen LogP contribution is -2.35. The Hall–Kier alpha value is -0.940. The molecule has 0 amide bonds. The first kappa shape index (κ1) is 14.5. The number of nitrogens with zero attached hydrogens (tertiary/aromatic N) is 2. The molecule has 0 aliphatic heterocycles. The van der Waals surface area contributed by atoms with Crippen molar-refractivity contribution in [3.8, 4) is 0 Å². The van der Waals surface area contributed by atoms with E-state index in [1.54, 1.807) is 0 Å². The molecule has 1 unspecified atom stereocenters. The van der Waals surface area contributed by atoms with E-state index in [1.807, 2.05) is 13.8 Å². The predicted molar refractivity (Wildman–Crippen MR) is 72.6 cm³/mol. The molecule has 1 fully saturated rings. The summed E-state index contributed by atoms with van der Waals surface area (Å²) >= 11 is 0. The molecule has 0 bridgehead atoms. The van der Waals surface area contributed by atoms with Crippen LogP contribution in [0, 0.1) is 5.41 Å². The van der Waals surface area contributed by atoms with Crippen LogP contribution in [-0.4, -0.2) is 23.3 Å². The zero-order valence-corrected chi connectivity index (χ0v) is 12.0. The third-order valence-electron chi connectivity index (χ3n) is 4.14. The first-order valence-electron chi connectivity index (χ1n) is 7.33. The van der Waals surface area contributed by atoms with Gasteiger partial charge in [0.1, 0.15) is 6.10 Å². The molecule has 5 nitrogen and oxygen atoms in total. The lowest BCUT2D eigenvalue weighted by molar-refractivity contribution is 0.0683. The maximum atomic E-state index is 5.99. The molecule has 0 aromatic carbocycles. The second kappa shape index (κ2) is 6.48. The Morgan fingerprint density at radius 1 is 1.37 bits per heavy atom. The number of ether oxygens (including phenoxy) is 1. The van der Waals surface area contributed by atoms with Crippen LogP contribution in [0.5, 0.6) is 0 Å². The second-order valence-electron chi connectivity index (χ2n) is 5.59. The molecule has 5 heteroatoms. The van der Waals surface area contributed by atoms with Crippen molar-refractivity contribution in [2.24, 2.45) is 11.1 Å². The highest BCUT2D eigenvalue weighted by atomic mass is 16.5. The van der Waals surface area contributed by atoms with Crippen molar-refractivity contribution in [2.45, 2.75) is 58.5 Å². The van der Waals surface area contributed by atoms with Crippen LogP contribution < -0.4 is 5.73 Å². The molecule has 1 saturated carbocycles. The van der Waals surface area contributed by atoms with E-state index in [1.165, 1.54) is 32.1 Å². The summed E-state index contributed by atoms with van der Waals surface area (Å²) < 4.78 is 10.8. The summed E-state index contributed by atoms with van der Waals surface area (Å²) in [6.07, 6.45) is 6.86.